The van der Waals surface area contributed by atoms with E-state index in [9.17, 15) is 24.2 Å². The molecule has 0 aliphatic heterocycles. The van der Waals surface area contributed by atoms with Crippen LogP contribution in [0.3, 0.4) is 0 Å². The van der Waals surface area contributed by atoms with Crippen molar-refractivity contribution in [2.75, 3.05) is 26.4 Å². The first kappa shape index (κ1) is 34.0. The van der Waals surface area contributed by atoms with Crippen molar-refractivity contribution in [3.63, 3.8) is 0 Å². The quantitative estimate of drug-likeness (QED) is 0.0821. The minimum atomic E-state index is -4.35. The summed E-state index contributed by atoms with van der Waals surface area (Å²) in [5, 5.41) is 12.2. The van der Waals surface area contributed by atoms with Crippen LogP contribution in [0.4, 0.5) is 0 Å². The number of unbranched alkanes of at least 4 members (excludes halogenated alkanes) is 14. The second-order valence-electron chi connectivity index (χ2n) is 9.12. The molecule has 0 bridgehead atoms. The summed E-state index contributed by atoms with van der Waals surface area (Å²) in [6.45, 7) is 2.58. The first-order valence-electron chi connectivity index (χ1n) is 13.5. The molecule has 0 aromatic rings. The number of aliphatic hydroxyl groups excluding tert-OH is 1. The van der Waals surface area contributed by atoms with Gasteiger partial charge in [-0.1, -0.05) is 96.8 Å². The van der Waals surface area contributed by atoms with Gasteiger partial charge in [0.25, 0.3) is 0 Å². The van der Waals surface area contributed by atoms with Crippen molar-refractivity contribution in [1.29, 1.82) is 0 Å². The van der Waals surface area contributed by atoms with Crippen LogP contribution >= 0.6 is 7.82 Å². The maximum atomic E-state index is 11.8. The molecule has 0 fully saturated rings. The summed E-state index contributed by atoms with van der Waals surface area (Å²) >= 11 is 0. The van der Waals surface area contributed by atoms with E-state index < -0.39 is 26.5 Å². The van der Waals surface area contributed by atoms with Crippen LogP contribution in [0.1, 0.15) is 117 Å². The van der Waals surface area contributed by atoms with Crippen LogP contribution < -0.4 is 5.32 Å². The Labute approximate surface area is 212 Å². The van der Waals surface area contributed by atoms with Crippen LogP contribution in [-0.2, 0) is 27.9 Å². The number of phosphoric ester groups is 1. The summed E-state index contributed by atoms with van der Waals surface area (Å²) in [7, 11) is -4.35. The van der Waals surface area contributed by atoms with Gasteiger partial charge >= 0.3 is 13.8 Å². The molecular formula is C25H50NO8P. The number of phosphoric acid groups is 1. The number of esters is 1. The molecule has 0 aromatic carbocycles. The molecule has 0 radical (unpaired) electrons. The predicted molar refractivity (Wildman–Crippen MR) is 137 cm³/mol. The Morgan fingerprint density at radius 1 is 0.800 bits per heavy atom. The minimum Gasteiger partial charge on any atom is -0.463 e. The van der Waals surface area contributed by atoms with Gasteiger partial charge in [-0.3, -0.25) is 18.6 Å². The van der Waals surface area contributed by atoms with E-state index in [0.717, 1.165) is 19.3 Å². The summed E-state index contributed by atoms with van der Waals surface area (Å²) in [6.07, 6.45) is 17.9. The van der Waals surface area contributed by atoms with Crippen molar-refractivity contribution in [2.45, 2.75) is 123 Å². The lowest BCUT2D eigenvalue weighted by molar-refractivity contribution is -0.147. The number of hydrogen-bond donors (Lipinski definition) is 3. The molecule has 0 saturated heterocycles. The largest absolute Gasteiger partial charge is 0.472 e. The second-order valence-corrected chi connectivity index (χ2v) is 10.6. The maximum absolute atomic E-state index is 11.8. The van der Waals surface area contributed by atoms with Gasteiger partial charge < -0.3 is 20.1 Å². The number of aliphatic hydroxyl groups is 1. The zero-order valence-electron chi connectivity index (χ0n) is 22.0. The monoisotopic (exact) mass is 523 g/mol. The molecule has 35 heavy (non-hydrogen) atoms. The van der Waals surface area contributed by atoms with Gasteiger partial charge in [-0.2, -0.15) is 0 Å². The molecule has 9 nitrogen and oxygen atoms in total. The van der Waals surface area contributed by atoms with Gasteiger partial charge in [0.1, 0.15) is 12.7 Å². The topological polar surface area (TPSA) is 131 Å². The SMILES string of the molecule is CCCCCCCCCCCCCCCCCC(=O)OCC(O)COP(=O)(O)OCCNC(C)=O. The van der Waals surface area contributed by atoms with Gasteiger partial charge in [-0.25, -0.2) is 4.57 Å². The lowest BCUT2D eigenvalue weighted by atomic mass is 10.0. The molecule has 0 aromatic heterocycles. The van der Waals surface area contributed by atoms with Gasteiger partial charge in [-0.05, 0) is 6.42 Å². The average Bonchev–Trinajstić information content (AvgIpc) is 2.81. The zero-order valence-corrected chi connectivity index (χ0v) is 22.9. The summed E-state index contributed by atoms with van der Waals surface area (Å²) in [5.41, 5.74) is 0. The van der Waals surface area contributed by atoms with Gasteiger partial charge in [-0.15, -0.1) is 0 Å². The number of carbonyl (C=O) groups is 2. The maximum Gasteiger partial charge on any atom is 0.472 e. The lowest BCUT2D eigenvalue weighted by Crippen LogP contribution is -2.25. The fourth-order valence-electron chi connectivity index (χ4n) is 3.56. The van der Waals surface area contributed by atoms with E-state index in [0.29, 0.717) is 0 Å². The molecular weight excluding hydrogens is 473 g/mol. The fraction of sp³-hybridized carbons (Fsp3) is 0.920. The molecule has 0 spiro atoms. The van der Waals surface area contributed by atoms with E-state index in [-0.39, 0.29) is 32.1 Å². The number of ether oxygens (including phenoxy) is 1. The number of rotatable bonds is 25. The number of amides is 1. The molecule has 0 rings (SSSR count). The molecule has 0 aliphatic carbocycles. The van der Waals surface area contributed by atoms with Gasteiger partial charge in [0.05, 0.1) is 13.2 Å². The highest BCUT2D eigenvalue weighted by Gasteiger charge is 2.23. The molecule has 0 heterocycles. The standard InChI is InChI=1S/C25H50NO8P/c1-3-4-5-6-7-8-9-10-11-12-13-14-15-16-17-18-25(29)32-21-24(28)22-34-35(30,31)33-20-19-26-23(2)27/h24,28H,3-22H2,1-2H3,(H,26,27)(H,30,31). The summed E-state index contributed by atoms with van der Waals surface area (Å²) in [4.78, 5) is 32.0. The van der Waals surface area contributed by atoms with Crippen molar-refractivity contribution >= 4 is 19.7 Å². The number of carbonyl (C=O) groups excluding carboxylic acids is 2. The van der Waals surface area contributed by atoms with Crippen LogP contribution in [0.15, 0.2) is 0 Å². The van der Waals surface area contributed by atoms with Gasteiger partial charge in [0.2, 0.25) is 5.91 Å². The molecule has 1 amide bonds. The third kappa shape index (κ3) is 25.9. The van der Waals surface area contributed by atoms with Crippen LogP contribution in [0.2, 0.25) is 0 Å². The highest BCUT2D eigenvalue weighted by molar-refractivity contribution is 7.47. The Morgan fingerprint density at radius 3 is 1.77 bits per heavy atom. The smallest absolute Gasteiger partial charge is 0.463 e. The van der Waals surface area contributed by atoms with Crippen molar-refractivity contribution in [3.8, 4) is 0 Å². The average molecular weight is 524 g/mol. The Morgan fingerprint density at radius 2 is 1.29 bits per heavy atom. The van der Waals surface area contributed by atoms with Crippen molar-refractivity contribution in [3.05, 3.63) is 0 Å². The molecule has 0 saturated carbocycles. The minimum absolute atomic E-state index is 0.0583. The second kappa shape index (κ2) is 23.4. The van der Waals surface area contributed by atoms with Crippen molar-refractivity contribution in [2.24, 2.45) is 0 Å². The molecule has 2 unspecified atom stereocenters. The highest BCUT2D eigenvalue weighted by atomic mass is 31.2. The van der Waals surface area contributed by atoms with E-state index in [2.05, 4.69) is 21.3 Å². The Balaban J connectivity index is 3.50. The summed E-state index contributed by atoms with van der Waals surface area (Å²) in [5.74, 6) is -0.693. The van der Waals surface area contributed by atoms with Crippen molar-refractivity contribution < 1.29 is 37.9 Å². The van der Waals surface area contributed by atoms with Crippen LogP contribution in [0, 0.1) is 0 Å². The third-order valence-corrected chi connectivity index (χ3v) is 6.57. The first-order chi connectivity index (χ1) is 16.8. The Bertz CT molecular complexity index is 576. The molecule has 2 atom stereocenters. The molecule has 0 aliphatic rings. The fourth-order valence-corrected chi connectivity index (χ4v) is 4.31. The van der Waals surface area contributed by atoms with E-state index >= 15 is 0 Å². The number of nitrogens with one attached hydrogen (secondary N) is 1. The predicted octanol–water partition coefficient (Wildman–Crippen LogP) is 5.42. The van der Waals surface area contributed by atoms with E-state index in [1.165, 1.54) is 84.0 Å². The van der Waals surface area contributed by atoms with Crippen molar-refractivity contribution in [1.82, 2.24) is 5.32 Å². The van der Waals surface area contributed by atoms with Gasteiger partial charge in [0, 0.05) is 19.9 Å². The lowest BCUT2D eigenvalue weighted by Gasteiger charge is -2.15. The van der Waals surface area contributed by atoms with Crippen LogP contribution in [0.25, 0.3) is 0 Å². The first-order valence-corrected chi connectivity index (χ1v) is 15.0. The van der Waals surface area contributed by atoms with Crippen LogP contribution in [0.5, 0.6) is 0 Å². The highest BCUT2D eigenvalue weighted by Crippen LogP contribution is 2.42. The summed E-state index contributed by atoms with van der Waals surface area (Å²) < 4.78 is 25.9. The zero-order chi connectivity index (χ0) is 26.2. The van der Waals surface area contributed by atoms with Gasteiger partial charge in [0.15, 0.2) is 0 Å². The van der Waals surface area contributed by atoms with E-state index in [1.54, 1.807) is 0 Å². The summed E-state index contributed by atoms with van der Waals surface area (Å²) in [6, 6.07) is 0. The van der Waals surface area contributed by atoms with E-state index in [1.807, 2.05) is 0 Å². The molecule has 3 N–H and O–H groups in total. The number of hydrogen-bond acceptors (Lipinski definition) is 7. The Hall–Kier alpha value is -0.990. The van der Waals surface area contributed by atoms with E-state index in [4.69, 9.17) is 4.74 Å². The normalized spacial score (nSPS) is 13.8. The third-order valence-electron chi connectivity index (χ3n) is 5.58. The van der Waals surface area contributed by atoms with Crippen LogP contribution in [-0.4, -0.2) is 54.3 Å². The molecule has 10 heteroatoms. The Kier molecular flexibility index (Phi) is 22.7. The molecule has 208 valence electrons.